The van der Waals surface area contributed by atoms with E-state index in [0.717, 1.165) is 31.6 Å². The van der Waals surface area contributed by atoms with E-state index in [1.165, 1.54) is 31.3 Å². The molecule has 0 unspecified atom stereocenters. The highest BCUT2D eigenvalue weighted by molar-refractivity contribution is 5.97. The van der Waals surface area contributed by atoms with Gasteiger partial charge in [0.15, 0.2) is 11.5 Å². The molecule has 0 aliphatic carbocycles. The summed E-state index contributed by atoms with van der Waals surface area (Å²) in [6.45, 7) is 4.22. The molecular formula is C34H46N4O7. The molecule has 11 nitrogen and oxygen atoms in total. The Morgan fingerprint density at radius 1 is 1.04 bits per heavy atom. The molecule has 0 spiro atoms. The normalized spacial score (nSPS) is 21.5. The van der Waals surface area contributed by atoms with Crippen molar-refractivity contribution >= 4 is 17.7 Å². The van der Waals surface area contributed by atoms with E-state index in [2.05, 4.69) is 10.2 Å². The lowest BCUT2D eigenvalue weighted by atomic mass is 10.0. The van der Waals surface area contributed by atoms with Crippen LogP contribution in [0.5, 0.6) is 17.2 Å². The fourth-order valence-corrected chi connectivity index (χ4v) is 6.33. The van der Waals surface area contributed by atoms with Gasteiger partial charge in [0, 0.05) is 38.2 Å². The summed E-state index contributed by atoms with van der Waals surface area (Å²) < 4.78 is 18.0. The van der Waals surface area contributed by atoms with Gasteiger partial charge in [0.1, 0.15) is 5.75 Å². The van der Waals surface area contributed by atoms with Crippen LogP contribution >= 0.6 is 0 Å². The maximum absolute atomic E-state index is 13.7. The summed E-state index contributed by atoms with van der Waals surface area (Å²) in [4.78, 5) is 46.1. The van der Waals surface area contributed by atoms with Crippen LogP contribution in [-0.4, -0.2) is 109 Å². The van der Waals surface area contributed by atoms with Crippen LogP contribution in [0.15, 0.2) is 42.5 Å². The van der Waals surface area contributed by atoms with Gasteiger partial charge >= 0.3 is 0 Å². The van der Waals surface area contributed by atoms with Crippen LogP contribution in [0.3, 0.4) is 0 Å². The second kappa shape index (κ2) is 16.1. The van der Waals surface area contributed by atoms with Gasteiger partial charge in [-0.3, -0.25) is 14.4 Å². The van der Waals surface area contributed by atoms with Crippen LogP contribution in [0.4, 0.5) is 0 Å². The molecule has 0 radical (unpaired) electrons. The van der Waals surface area contributed by atoms with E-state index in [4.69, 9.17) is 14.2 Å². The zero-order valence-corrected chi connectivity index (χ0v) is 26.2. The average molecular weight is 623 g/mol. The first kappa shape index (κ1) is 32.7. The van der Waals surface area contributed by atoms with Crippen molar-refractivity contribution in [3.63, 3.8) is 0 Å². The van der Waals surface area contributed by atoms with Gasteiger partial charge in [0.05, 0.1) is 32.4 Å². The molecule has 0 aromatic heterocycles. The molecule has 3 heterocycles. The number of amides is 3. The van der Waals surface area contributed by atoms with Crippen LogP contribution in [-0.2, 0) is 20.9 Å². The molecule has 3 aliphatic heterocycles. The molecule has 2 aromatic carbocycles. The number of hydrogen-bond acceptors (Lipinski definition) is 8. The molecule has 2 aromatic rings. The lowest BCUT2D eigenvalue weighted by Crippen LogP contribution is -2.58. The molecule has 2 atom stereocenters. The Labute approximate surface area is 265 Å². The van der Waals surface area contributed by atoms with Crippen molar-refractivity contribution in [1.29, 1.82) is 0 Å². The number of piperidine rings is 2. The minimum Gasteiger partial charge on any atom is -0.493 e. The van der Waals surface area contributed by atoms with Crippen molar-refractivity contribution in [2.45, 2.75) is 63.7 Å². The summed E-state index contributed by atoms with van der Waals surface area (Å²) in [6.07, 6.45) is 5.61. The maximum Gasteiger partial charge on any atom is 0.254 e. The second-order valence-electron chi connectivity index (χ2n) is 12.1. The smallest absolute Gasteiger partial charge is 0.254 e. The number of hydrogen-bond donors (Lipinski definition) is 2. The molecule has 2 saturated heterocycles. The van der Waals surface area contributed by atoms with Crippen LogP contribution in [0.2, 0.25) is 0 Å². The van der Waals surface area contributed by atoms with Crippen molar-refractivity contribution in [2.24, 2.45) is 0 Å². The number of aliphatic hydroxyl groups excluding tert-OH is 1. The third-order valence-corrected chi connectivity index (χ3v) is 8.77. The predicted octanol–water partition coefficient (Wildman–Crippen LogP) is 3.19. The van der Waals surface area contributed by atoms with E-state index in [1.807, 2.05) is 29.2 Å². The highest BCUT2D eigenvalue weighted by Gasteiger charge is 2.34. The van der Waals surface area contributed by atoms with Crippen molar-refractivity contribution < 1.29 is 33.7 Å². The molecular weight excluding hydrogens is 576 g/mol. The van der Waals surface area contributed by atoms with E-state index in [1.54, 1.807) is 18.2 Å². The number of nitrogens with one attached hydrogen (secondary N) is 1. The number of fused-ring (bicyclic) bond motifs is 5. The van der Waals surface area contributed by atoms with Gasteiger partial charge in [0.25, 0.3) is 5.91 Å². The molecule has 5 rings (SSSR count). The van der Waals surface area contributed by atoms with Crippen molar-refractivity contribution in [3.8, 4) is 17.2 Å². The standard InChI is InChI=1S/C34H46N4O7/c1-43-30-12-11-26-21-31(30)45-27-9-5-8-25(20-27)24-44-29-13-18-37(33(41)10-6-16-36-14-3-2-4-15-36)22-28(29)35-32(40)23-38(34(26)42)17-7-19-39/h5,8-9,11-12,20-21,28-29,39H,2-4,6-7,10,13-19,22-24H2,1H3,(H,35,40)/t28-,29-/m0/s1. The Hall–Kier alpha value is -3.67. The maximum atomic E-state index is 13.7. The van der Waals surface area contributed by atoms with Crippen molar-refractivity contribution in [2.75, 3.05) is 59.5 Å². The summed E-state index contributed by atoms with van der Waals surface area (Å²) in [5.41, 5.74) is 1.22. The number of carbonyl (C=O) groups excluding carboxylic acids is 3. The second-order valence-corrected chi connectivity index (χ2v) is 12.1. The van der Waals surface area contributed by atoms with Gasteiger partial charge in [-0.05, 0) is 87.6 Å². The van der Waals surface area contributed by atoms with Gasteiger partial charge in [-0.25, -0.2) is 0 Å². The quantitative estimate of drug-likeness (QED) is 0.461. The fourth-order valence-electron chi connectivity index (χ4n) is 6.33. The predicted molar refractivity (Wildman–Crippen MR) is 168 cm³/mol. The number of carbonyl (C=O) groups is 3. The highest BCUT2D eigenvalue weighted by atomic mass is 16.5. The molecule has 244 valence electrons. The molecule has 0 saturated carbocycles. The van der Waals surface area contributed by atoms with E-state index in [0.29, 0.717) is 61.8 Å². The lowest BCUT2D eigenvalue weighted by Gasteiger charge is -2.39. The first-order valence-electron chi connectivity index (χ1n) is 16.2. The Kier molecular flexibility index (Phi) is 11.7. The number of nitrogens with zero attached hydrogens (tertiary/aromatic N) is 3. The Morgan fingerprint density at radius 3 is 2.69 bits per heavy atom. The Balaban J connectivity index is 1.34. The molecule has 3 aliphatic rings. The van der Waals surface area contributed by atoms with Gasteiger partial charge in [-0.15, -0.1) is 0 Å². The van der Waals surface area contributed by atoms with Crippen LogP contribution in [0.1, 0.15) is 60.9 Å². The zero-order valence-electron chi connectivity index (χ0n) is 26.2. The minimum absolute atomic E-state index is 0.0896. The average Bonchev–Trinajstić information content (AvgIpc) is 3.06. The summed E-state index contributed by atoms with van der Waals surface area (Å²) in [7, 11) is 1.53. The van der Waals surface area contributed by atoms with E-state index < -0.39 is 6.04 Å². The molecule has 4 bridgehead atoms. The molecule has 3 amide bonds. The Morgan fingerprint density at radius 2 is 1.89 bits per heavy atom. The van der Waals surface area contributed by atoms with E-state index >= 15 is 0 Å². The van der Waals surface area contributed by atoms with Gasteiger partial charge < -0.3 is 39.3 Å². The van der Waals surface area contributed by atoms with E-state index in [-0.39, 0.29) is 43.5 Å². The molecule has 11 heteroatoms. The van der Waals surface area contributed by atoms with Crippen molar-refractivity contribution in [1.82, 2.24) is 20.0 Å². The molecule has 45 heavy (non-hydrogen) atoms. The summed E-state index contributed by atoms with van der Waals surface area (Å²) >= 11 is 0. The zero-order chi connectivity index (χ0) is 31.6. The first-order valence-corrected chi connectivity index (χ1v) is 16.2. The van der Waals surface area contributed by atoms with Crippen molar-refractivity contribution in [3.05, 3.63) is 53.6 Å². The largest absolute Gasteiger partial charge is 0.493 e. The number of ether oxygens (including phenoxy) is 3. The third-order valence-electron chi connectivity index (χ3n) is 8.77. The summed E-state index contributed by atoms with van der Waals surface area (Å²) in [5.74, 6) is 0.773. The number of likely N-dealkylation sites (tertiary alicyclic amines) is 2. The van der Waals surface area contributed by atoms with Crippen LogP contribution in [0, 0.1) is 0 Å². The SMILES string of the molecule is COc1ccc2cc1Oc1cccc(c1)CO[C@H]1CCN(C(=O)CCCN3CCCCC3)C[C@@H]1NC(=O)CN(CCCO)C2=O. The molecule has 2 N–H and O–H groups in total. The van der Waals surface area contributed by atoms with Crippen LogP contribution in [0.25, 0.3) is 0 Å². The topological polar surface area (TPSA) is 121 Å². The summed E-state index contributed by atoms with van der Waals surface area (Å²) in [6, 6.07) is 12.0. The Bertz CT molecular complexity index is 1320. The minimum atomic E-state index is -0.438. The van der Waals surface area contributed by atoms with Gasteiger partial charge in [-0.1, -0.05) is 18.6 Å². The van der Waals surface area contributed by atoms with Crippen LogP contribution < -0.4 is 14.8 Å². The van der Waals surface area contributed by atoms with Gasteiger partial charge in [0.2, 0.25) is 11.8 Å². The van der Waals surface area contributed by atoms with Gasteiger partial charge in [-0.2, -0.15) is 0 Å². The third kappa shape index (κ3) is 8.96. The monoisotopic (exact) mass is 622 g/mol. The number of benzene rings is 2. The fraction of sp³-hybridized carbons (Fsp3) is 0.559. The highest BCUT2D eigenvalue weighted by Crippen LogP contribution is 2.33. The number of aliphatic hydroxyl groups is 1. The van der Waals surface area contributed by atoms with E-state index in [9.17, 15) is 19.5 Å². The lowest BCUT2D eigenvalue weighted by molar-refractivity contribution is -0.137. The first-order chi connectivity index (χ1) is 21.9. The summed E-state index contributed by atoms with van der Waals surface area (Å²) in [5, 5.41) is 12.6. The number of methoxy groups -OCH3 is 1. The molecule has 2 fully saturated rings. The number of rotatable bonds is 8.